The number of rotatable bonds is 7. The number of carbonyl (C=O) groups excluding carboxylic acids is 1. The van der Waals surface area contributed by atoms with Crippen LogP contribution in [0.5, 0.6) is 5.75 Å². The second kappa shape index (κ2) is 7.01. The number of hydrogen-bond donors (Lipinski definition) is 1. The van der Waals surface area contributed by atoms with E-state index >= 15 is 0 Å². The maximum atomic E-state index is 10.9. The minimum Gasteiger partial charge on any atom is -0.492 e. The molecule has 0 fully saturated rings. The van der Waals surface area contributed by atoms with Crippen LogP contribution in [0.25, 0.3) is 0 Å². The first-order valence-electron chi connectivity index (χ1n) is 6.21. The number of amides is 1. The summed E-state index contributed by atoms with van der Waals surface area (Å²) in [6.07, 6.45) is 0. The van der Waals surface area contributed by atoms with Gasteiger partial charge in [-0.25, -0.2) is 0 Å². The third kappa shape index (κ3) is 5.19. The molecule has 1 aromatic carbocycles. The van der Waals surface area contributed by atoms with Crippen molar-refractivity contribution in [3.8, 4) is 5.75 Å². The van der Waals surface area contributed by atoms with Gasteiger partial charge in [-0.1, -0.05) is 17.7 Å². The molecule has 4 nitrogen and oxygen atoms in total. The highest BCUT2D eigenvalue weighted by Gasteiger charge is 2.11. The number of nitrogens with two attached hydrogens (primary N) is 1. The van der Waals surface area contributed by atoms with Gasteiger partial charge in [0, 0.05) is 12.6 Å². The molecule has 0 bridgehead atoms. The van der Waals surface area contributed by atoms with E-state index in [-0.39, 0.29) is 18.5 Å². The van der Waals surface area contributed by atoms with Gasteiger partial charge in [0.1, 0.15) is 12.4 Å². The van der Waals surface area contributed by atoms with Crippen LogP contribution in [0.3, 0.4) is 0 Å². The predicted molar refractivity (Wildman–Crippen MR) is 72.6 cm³/mol. The lowest BCUT2D eigenvalue weighted by molar-refractivity contribution is -0.119. The fraction of sp³-hybridized carbons (Fsp3) is 0.500. The first-order valence-corrected chi connectivity index (χ1v) is 6.21. The van der Waals surface area contributed by atoms with Crippen LogP contribution in [0.1, 0.15) is 19.4 Å². The van der Waals surface area contributed by atoms with Crippen LogP contribution in [-0.4, -0.2) is 36.5 Å². The first-order chi connectivity index (χ1) is 8.49. The van der Waals surface area contributed by atoms with E-state index in [1.807, 2.05) is 49.9 Å². The highest BCUT2D eigenvalue weighted by Crippen LogP contribution is 2.11. The van der Waals surface area contributed by atoms with E-state index in [1.165, 1.54) is 5.56 Å². The lowest BCUT2D eigenvalue weighted by Crippen LogP contribution is -2.40. The fourth-order valence-electron chi connectivity index (χ4n) is 1.64. The molecule has 0 saturated carbocycles. The van der Waals surface area contributed by atoms with Gasteiger partial charge in [-0.15, -0.1) is 0 Å². The summed E-state index contributed by atoms with van der Waals surface area (Å²) in [5.74, 6) is 0.544. The zero-order chi connectivity index (χ0) is 13.5. The van der Waals surface area contributed by atoms with Gasteiger partial charge in [-0.3, -0.25) is 9.69 Å². The van der Waals surface area contributed by atoms with Crippen molar-refractivity contribution < 1.29 is 9.53 Å². The Kier molecular flexibility index (Phi) is 5.65. The Morgan fingerprint density at radius 2 is 1.94 bits per heavy atom. The zero-order valence-corrected chi connectivity index (χ0v) is 11.3. The molecule has 0 unspecified atom stereocenters. The van der Waals surface area contributed by atoms with Gasteiger partial charge in [0.15, 0.2) is 0 Å². The lowest BCUT2D eigenvalue weighted by atomic mass is 10.2. The van der Waals surface area contributed by atoms with E-state index in [0.717, 1.165) is 5.75 Å². The lowest BCUT2D eigenvalue weighted by Gasteiger charge is -2.24. The maximum absolute atomic E-state index is 10.9. The summed E-state index contributed by atoms with van der Waals surface area (Å²) in [5.41, 5.74) is 6.42. The largest absolute Gasteiger partial charge is 0.492 e. The molecule has 0 aliphatic rings. The maximum Gasteiger partial charge on any atom is 0.231 e. The number of carbonyl (C=O) groups is 1. The minimum absolute atomic E-state index is 0.273. The molecule has 0 spiro atoms. The summed E-state index contributed by atoms with van der Waals surface area (Å²) in [5, 5.41) is 0. The van der Waals surface area contributed by atoms with Crippen molar-refractivity contribution in [3.63, 3.8) is 0 Å². The topological polar surface area (TPSA) is 55.6 Å². The van der Waals surface area contributed by atoms with Crippen LogP contribution >= 0.6 is 0 Å². The Labute approximate surface area is 109 Å². The highest BCUT2D eigenvalue weighted by atomic mass is 16.5. The Hall–Kier alpha value is -1.55. The molecule has 4 heteroatoms. The molecule has 1 amide bonds. The summed E-state index contributed by atoms with van der Waals surface area (Å²) < 4.78 is 5.63. The van der Waals surface area contributed by atoms with Gasteiger partial charge < -0.3 is 10.5 Å². The second-order valence-electron chi connectivity index (χ2n) is 4.69. The Morgan fingerprint density at radius 1 is 1.33 bits per heavy atom. The van der Waals surface area contributed by atoms with Crippen molar-refractivity contribution >= 4 is 5.91 Å². The summed E-state index contributed by atoms with van der Waals surface area (Å²) in [6.45, 7) is 7.62. The predicted octanol–water partition coefficient (Wildman–Crippen LogP) is 1.57. The Balaban J connectivity index is 2.38. The number of hydrogen-bond acceptors (Lipinski definition) is 3. The molecular formula is C14H22N2O2. The van der Waals surface area contributed by atoms with E-state index < -0.39 is 0 Å². The van der Waals surface area contributed by atoms with Crippen LogP contribution in [0.4, 0.5) is 0 Å². The molecule has 1 rings (SSSR count). The number of ether oxygens (including phenoxy) is 1. The molecule has 0 heterocycles. The van der Waals surface area contributed by atoms with E-state index in [9.17, 15) is 4.79 Å². The van der Waals surface area contributed by atoms with Crippen molar-refractivity contribution in [1.82, 2.24) is 4.90 Å². The van der Waals surface area contributed by atoms with Crippen molar-refractivity contribution in [3.05, 3.63) is 29.8 Å². The smallest absolute Gasteiger partial charge is 0.231 e. The number of nitrogens with zero attached hydrogens (tertiary/aromatic N) is 1. The minimum atomic E-state index is -0.306. The van der Waals surface area contributed by atoms with E-state index in [4.69, 9.17) is 10.5 Å². The standard InChI is InChI=1S/C14H22N2O2/c1-11(2)16(10-14(15)17)8-9-18-13-6-4-12(3)5-7-13/h4-7,11H,8-10H2,1-3H3,(H2,15,17). The number of aryl methyl sites for hydroxylation is 1. The van der Waals surface area contributed by atoms with Gasteiger partial charge >= 0.3 is 0 Å². The van der Waals surface area contributed by atoms with Crippen molar-refractivity contribution in [1.29, 1.82) is 0 Å². The molecule has 0 atom stereocenters. The Morgan fingerprint density at radius 3 is 2.44 bits per heavy atom. The quantitative estimate of drug-likeness (QED) is 0.799. The van der Waals surface area contributed by atoms with Crippen molar-refractivity contribution in [2.75, 3.05) is 19.7 Å². The van der Waals surface area contributed by atoms with Crippen LogP contribution in [-0.2, 0) is 4.79 Å². The van der Waals surface area contributed by atoms with Crippen LogP contribution in [0.2, 0.25) is 0 Å². The van der Waals surface area contributed by atoms with Gasteiger partial charge in [-0.05, 0) is 32.9 Å². The first kappa shape index (κ1) is 14.5. The highest BCUT2D eigenvalue weighted by molar-refractivity contribution is 5.75. The number of benzene rings is 1. The van der Waals surface area contributed by atoms with Gasteiger partial charge in [0.2, 0.25) is 5.91 Å². The summed E-state index contributed by atoms with van der Waals surface area (Å²) in [4.78, 5) is 12.9. The third-order valence-electron chi connectivity index (χ3n) is 2.76. The summed E-state index contributed by atoms with van der Waals surface area (Å²) in [6, 6.07) is 8.20. The molecule has 2 N–H and O–H groups in total. The average Bonchev–Trinajstić information content (AvgIpc) is 2.29. The van der Waals surface area contributed by atoms with Gasteiger partial charge in [0.25, 0.3) is 0 Å². The third-order valence-corrected chi connectivity index (χ3v) is 2.76. The summed E-state index contributed by atoms with van der Waals surface area (Å²) in [7, 11) is 0. The van der Waals surface area contributed by atoms with Gasteiger partial charge in [0.05, 0.1) is 6.54 Å². The van der Waals surface area contributed by atoms with E-state index in [1.54, 1.807) is 0 Å². The monoisotopic (exact) mass is 250 g/mol. The van der Waals surface area contributed by atoms with E-state index in [0.29, 0.717) is 13.2 Å². The molecule has 0 radical (unpaired) electrons. The van der Waals surface area contributed by atoms with Crippen molar-refractivity contribution in [2.24, 2.45) is 5.73 Å². The molecular weight excluding hydrogens is 228 g/mol. The van der Waals surface area contributed by atoms with Crippen LogP contribution < -0.4 is 10.5 Å². The average molecular weight is 250 g/mol. The number of primary amides is 1. The molecule has 1 aromatic rings. The fourth-order valence-corrected chi connectivity index (χ4v) is 1.64. The van der Waals surface area contributed by atoms with Crippen molar-refractivity contribution in [2.45, 2.75) is 26.8 Å². The molecule has 100 valence electrons. The SMILES string of the molecule is Cc1ccc(OCCN(CC(N)=O)C(C)C)cc1. The zero-order valence-electron chi connectivity index (χ0n) is 11.3. The molecule has 0 aromatic heterocycles. The Bertz CT molecular complexity index is 374. The van der Waals surface area contributed by atoms with Crippen LogP contribution in [0.15, 0.2) is 24.3 Å². The molecule has 0 aliphatic carbocycles. The van der Waals surface area contributed by atoms with Crippen LogP contribution in [0, 0.1) is 6.92 Å². The molecule has 18 heavy (non-hydrogen) atoms. The molecule has 0 saturated heterocycles. The molecule has 0 aliphatic heterocycles. The normalized spacial score (nSPS) is 10.9. The summed E-state index contributed by atoms with van der Waals surface area (Å²) >= 11 is 0. The van der Waals surface area contributed by atoms with E-state index in [2.05, 4.69) is 0 Å². The second-order valence-corrected chi connectivity index (χ2v) is 4.69. The van der Waals surface area contributed by atoms with Gasteiger partial charge in [-0.2, -0.15) is 0 Å².